The Bertz CT molecular complexity index is 250. The van der Waals surface area contributed by atoms with Gasteiger partial charge in [-0.05, 0) is 12.1 Å². The summed E-state index contributed by atoms with van der Waals surface area (Å²) in [6.45, 7) is 1.52. The van der Waals surface area contributed by atoms with Crippen LogP contribution in [-0.4, -0.2) is 17.9 Å². The quantitative estimate of drug-likeness (QED) is 0.666. The molecule has 0 aliphatic rings. The largest absolute Gasteiger partial charge is 0.314 e. The van der Waals surface area contributed by atoms with E-state index in [4.69, 9.17) is 0 Å². The lowest BCUT2D eigenvalue weighted by Crippen LogP contribution is -2.22. The van der Waals surface area contributed by atoms with Crippen molar-refractivity contribution in [2.24, 2.45) is 0 Å². The molecule has 1 aromatic rings. The van der Waals surface area contributed by atoms with Crippen LogP contribution in [0.3, 0.4) is 0 Å². The first-order valence-electron chi connectivity index (χ1n) is 3.36. The van der Waals surface area contributed by atoms with E-state index in [2.05, 4.69) is 4.98 Å². The van der Waals surface area contributed by atoms with Crippen LogP contribution in [0.15, 0.2) is 24.5 Å². The molecule has 0 spiro atoms. The van der Waals surface area contributed by atoms with Gasteiger partial charge in [-0.15, -0.1) is 12.4 Å². The van der Waals surface area contributed by atoms with Gasteiger partial charge >= 0.3 is 0 Å². The molecule has 0 fully saturated rings. The molecule has 3 nitrogen and oxygen atoms in total. The molecule has 0 saturated heterocycles. The molecule has 0 aliphatic heterocycles. The zero-order chi connectivity index (χ0) is 8.27. The van der Waals surface area contributed by atoms with Gasteiger partial charge in [0.05, 0.1) is 11.9 Å². The van der Waals surface area contributed by atoms with Crippen LogP contribution >= 0.6 is 12.4 Å². The standard InChI is InChI=1S/C8H10N2O.ClH/c1-7(11)10(2)8-4-3-5-9-6-8;/h3-6H,1-2H3;1H. The molecule has 0 atom stereocenters. The van der Waals surface area contributed by atoms with Crippen LogP contribution in [0.25, 0.3) is 0 Å². The van der Waals surface area contributed by atoms with E-state index >= 15 is 0 Å². The molecular weight excluding hydrogens is 176 g/mol. The molecule has 0 bridgehead atoms. The second kappa shape index (κ2) is 4.72. The second-order valence-electron chi connectivity index (χ2n) is 2.29. The van der Waals surface area contributed by atoms with Gasteiger partial charge in [0, 0.05) is 20.2 Å². The van der Waals surface area contributed by atoms with Crippen molar-refractivity contribution < 1.29 is 4.79 Å². The van der Waals surface area contributed by atoms with Crippen LogP contribution in [-0.2, 0) is 4.79 Å². The summed E-state index contributed by atoms with van der Waals surface area (Å²) >= 11 is 0. The molecular formula is C8H11ClN2O. The highest BCUT2D eigenvalue weighted by Crippen LogP contribution is 2.08. The van der Waals surface area contributed by atoms with Crippen molar-refractivity contribution in [1.82, 2.24) is 4.98 Å². The maximum Gasteiger partial charge on any atom is 0.223 e. The predicted molar refractivity (Wildman–Crippen MR) is 50.6 cm³/mol. The fourth-order valence-corrected chi connectivity index (χ4v) is 0.734. The number of halogens is 1. The van der Waals surface area contributed by atoms with Crippen LogP contribution in [0.5, 0.6) is 0 Å². The summed E-state index contributed by atoms with van der Waals surface area (Å²) in [6.07, 6.45) is 3.33. The molecule has 0 radical (unpaired) electrons. The lowest BCUT2D eigenvalue weighted by atomic mass is 10.4. The summed E-state index contributed by atoms with van der Waals surface area (Å²) in [7, 11) is 1.72. The van der Waals surface area contributed by atoms with E-state index in [-0.39, 0.29) is 18.3 Å². The Balaban J connectivity index is 0.00000121. The van der Waals surface area contributed by atoms with E-state index in [1.54, 1.807) is 30.4 Å². The first-order valence-corrected chi connectivity index (χ1v) is 3.36. The average molecular weight is 187 g/mol. The molecule has 66 valence electrons. The van der Waals surface area contributed by atoms with Crippen LogP contribution in [0.1, 0.15) is 6.92 Å². The van der Waals surface area contributed by atoms with E-state index in [0.717, 1.165) is 5.69 Å². The van der Waals surface area contributed by atoms with Crippen LogP contribution in [0.2, 0.25) is 0 Å². The smallest absolute Gasteiger partial charge is 0.223 e. The molecule has 4 heteroatoms. The van der Waals surface area contributed by atoms with Crippen LogP contribution < -0.4 is 4.90 Å². The van der Waals surface area contributed by atoms with E-state index in [1.807, 2.05) is 6.07 Å². The number of nitrogens with zero attached hydrogens (tertiary/aromatic N) is 2. The Hall–Kier alpha value is -1.09. The zero-order valence-electron chi connectivity index (χ0n) is 7.02. The molecule has 1 heterocycles. The van der Waals surface area contributed by atoms with Crippen molar-refractivity contribution >= 4 is 24.0 Å². The van der Waals surface area contributed by atoms with Gasteiger partial charge in [0.25, 0.3) is 0 Å². The van der Waals surface area contributed by atoms with Crippen LogP contribution in [0.4, 0.5) is 5.69 Å². The first kappa shape index (κ1) is 10.9. The van der Waals surface area contributed by atoms with Crippen molar-refractivity contribution in [3.05, 3.63) is 24.5 Å². The molecule has 0 unspecified atom stereocenters. The normalized spacial score (nSPS) is 8.50. The number of amides is 1. The van der Waals surface area contributed by atoms with Gasteiger partial charge in [0.2, 0.25) is 5.91 Å². The van der Waals surface area contributed by atoms with Gasteiger partial charge in [0.1, 0.15) is 0 Å². The maximum absolute atomic E-state index is 10.8. The molecule has 12 heavy (non-hydrogen) atoms. The van der Waals surface area contributed by atoms with Gasteiger partial charge in [-0.25, -0.2) is 0 Å². The fourth-order valence-electron chi connectivity index (χ4n) is 0.734. The van der Waals surface area contributed by atoms with Crippen molar-refractivity contribution in [1.29, 1.82) is 0 Å². The maximum atomic E-state index is 10.8. The molecule has 0 aromatic carbocycles. The summed E-state index contributed by atoms with van der Waals surface area (Å²) in [6, 6.07) is 3.64. The molecule has 0 aliphatic carbocycles. The average Bonchev–Trinajstić information content (AvgIpc) is 2.05. The van der Waals surface area contributed by atoms with Crippen molar-refractivity contribution in [3.63, 3.8) is 0 Å². The number of carbonyl (C=O) groups is 1. The Morgan fingerprint density at radius 1 is 1.58 bits per heavy atom. The van der Waals surface area contributed by atoms with Crippen LogP contribution in [0, 0.1) is 0 Å². The van der Waals surface area contributed by atoms with Gasteiger partial charge in [-0.2, -0.15) is 0 Å². The van der Waals surface area contributed by atoms with Gasteiger partial charge in [0.15, 0.2) is 0 Å². The minimum Gasteiger partial charge on any atom is -0.314 e. The lowest BCUT2D eigenvalue weighted by molar-refractivity contribution is -0.116. The molecule has 1 amide bonds. The Morgan fingerprint density at radius 2 is 2.25 bits per heavy atom. The number of carbonyl (C=O) groups excluding carboxylic acids is 1. The Kier molecular flexibility index (Phi) is 4.29. The predicted octanol–water partition coefficient (Wildman–Crippen LogP) is 1.49. The SMILES string of the molecule is CC(=O)N(C)c1cccnc1.Cl. The number of hydrogen-bond acceptors (Lipinski definition) is 2. The second-order valence-corrected chi connectivity index (χ2v) is 2.29. The summed E-state index contributed by atoms with van der Waals surface area (Å²) in [5, 5.41) is 0. The number of rotatable bonds is 1. The Morgan fingerprint density at radius 3 is 2.67 bits per heavy atom. The highest BCUT2D eigenvalue weighted by atomic mass is 35.5. The van der Waals surface area contributed by atoms with E-state index < -0.39 is 0 Å². The summed E-state index contributed by atoms with van der Waals surface area (Å²) in [4.78, 5) is 16.3. The molecule has 0 N–H and O–H groups in total. The fraction of sp³-hybridized carbons (Fsp3) is 0.250. The Labute approximate surface area is 77.8 Å². The highest BCUT2D eigenvalue weighted by molar-refractivity contribution is 5.90. The zero-order valence-corrected chi connectivity index (χ0v) is 7.84. The monoisotopic (exact) mass is 186 g/mol. The third kappa shape index (κ3) is 2.51. The summed E-state index contributed by atoms with van der Waals surface area (Å²) < 4.78 is 0. The van der Waals surface area contributed by atoms with Crippen molar-refractivity contribution in [2.75, 3.05) is 11.9 Å². The van der Waals surface area contributed by atoms with E-state index in [9.17, 15) is 4.79 Å². The van der Waals surface area contributed by atoms with E-state index in [1.165, 1.54) is 6.92 Å². The number of aromatic nitrogens is 1. The third-order valence-electron chi connectivity index (χ3n) is 1.51. The molecule has 1 rings (SSSR count). The summed E-state index contributed by atoms with van der Waals surface area (Å²) in [5.74, 6) is 0.0120. The number of pyridine rings is 1. The minimum absolute atomic E-state index is 0. The van der Waals surface area contributed by atoms with Crippen molar-refractivity contribution in [3.8, 4) is 0 Å². The number of anilines is 1. The minimum atomic E-state index is 0. The van der Waals surface area contributed by atoms with E-state index in [0.29, 0.717) is 0 Å². The summed E-state index contributed by atoms with van der Waals surface area (Å²) in [5.41, 5.74) is 0.819. The highest BCUT2D eigenvalue weighted by Gasteiger charge is 2.02. The van der Waals surface area contributed by atoms with Gasteiger partial charge in [-0.3, -0.25) is 9.78 Å². The molecule has 0 saturated carbocycles. The first-order chi connectivity index (χ1) is 5.22. The van der Waals surface area contributed by atoms with Gasteiger partial charge < -0.3 is 4.90 Å². The lowest BCUT2D eigenvalue weighted by Gasteiger charge is -2.13. The topological polar surface area (TPSA) is 33.2 Å². The van der Waals surface area contributed by atoms with Crippen molar-refractivity contribution in [2.45, 2.75) is 6.92 Å². The third-order valence-corrected chi connectivity index (χ3v) is 1.51. The number of hydrogen-bond donors (Lipinski definition) is 0. The molecule has 1 aromatic heterocycles. The van der Waals surface area contributed by atoms with Gasteiger partial charge in [-0.1, -0.05) is 0 Å².